The van der Waals surface area contributed by atoms with Crippen LogP contribution in [0.1, 0.15) is 45.7 Å². The van der Waals surface area contributed by atoms with Crippen molar-refractivity contribution in [1.82, 2.24) is 0 Å². The lowest BCUT2D eigenvalue weighted by molar-refractivity contribution is 0.00578. The Balaban J connectivity index is 2.17. The number of hydrogen-bond donors (Lipinski definition) is 0. The summed E-state index contributed by atoms with van der Waals surface area (Å²) in [6.07, 6.45) is 0. The van der Waals surface area contributed by atoms with E-state index in [4.69, 9.17) is 9.31 Å². The summed E-state index contributed by atoms with van der Waals surface area (Å²) in [6, 6.07) is 8.51. The van der Waals surface area contributed by atoms with Gasteiger partial charge >= 0.3 is 7.12 Å². The van der Waals surface area contributed by atoms with Crippen LogP contribution in [0.2, 0.25) is 0 Å². The third-order valence-corrected chi connectivity index (χ3v) is 4.16. The van der Waals surface area contributed by atoms with E-state index in [1.165, 1.54) is 16.7 Å². The highest BCUT2D eigenvalue weighted by Gasteiger charge is 2.50. The van der Waals surface area contributed by atoms with E-state index in [-0.39, 0.29) is 18.3 Å². The van der Waals surface area contributed by atoms with Crippen molar-refractivity contribution >= 4 is 12.7 Å². The van der Waals surface area contributed by atoms with Crippen molar-refractivity contribution in [2.75, 3.05) is 0 Å². The first kappa shape index (κ1) is 14.4. The van der Waals surface area contributed by atoms with Gasteiger partial charge in [-0.15, -0.1) is 0 Å². The predicted octanol–water partition coefficient (Wildman–Crippen LogP) is 4.03. The van der Waals surface area contributed by atoms with Crippen LogP contribution in [-0.2, 0) is 9.31 Å². The van der Waals surface area contributed by atoms with Crippen LogP contribution < -0.4 is 0 Å². The highest BCUT2D eigenvalue weighted by Crippen LogP contribution is 2.37. The maximum absolute atomic E-state index is 5.98. The smallest absolute Gasteiger partial charge is 0.400 e. The van der Waals surface area contributed by atoms with Gasteiger partial charge in [-0.1, -0.05) is 41.4 Å². The lowest BCUT2D eigenvalue weighted by Crippen LogP contribution is -2.41. The molecule has 2 rings (SSSR count). The van der Waals surface area contributed by atoms with Gasteiger partial charge < -0.3 is 9.31 Å². The van der Waals surface area contributed by atoms with Crippen LogP contribution in [0.3, 0.4) is 0 Å². The molecule has 1 fully saturated rings. The minimum atomic E-state index is -0.276. The maximum atomic E-state index is 5.98. The fraction of sp³-hybridized carbons (Fsp3) is 0.500. The fourth-order valence-corrected chi connectivity index (χ4v) is 2.07. The molecule has 0 N–H and O–H groups in total. The first-order chi connectivity index (χ1) is 8.71. The van der Waals surface area contributed by atoms with Crippen molar-refractivity contribution in [3.8, 4) is 0 Å². The normalized spacial score (nSPS) is 21.8. The summed E-state index contributed by atoms with van der Waals surface area (Å²) < 4.78 is 12.0. The van der Waals surface area contributed by atoms with E-state index in [1.54, 1.807) is 0 Å². The molecule has 2 nitrogen and oxygen atoms in total. The van der Waals surface area contributed by atoms with Crippen LogP contribution in [0.25, 0.3) is 5.57 Å². The molecule has 0 amide bonds. The highest BCUT2D eigenvalue weighted by atomic mass is 16.7. The Morgan fingerprint density at radius 1 is 1.00 bits per heavy atom. The third-order valence-electron chi connectivity index (χ3n) is 4.16. The standard InChI is InChI=1S/C16H23BO2/c1-12-7-9-14(10-8-12)13(2)11-17-18-15(3,4)16(5,6)19-17/h7-11H,1-6H3/b13-11+. The van der Waals surface area contributed by atoms with E-state index < -0.39 is 0 Å². The first-order valence-electron chi connectivity index (χ1n) is 6.82. The van der Waals surface area contributed by atoms with Gasteiger partial charge in [-0.05, 0) is 47.1 Å². The van der Waals surface area contributed by atoms with Gasteiger partial charge in [0.2, 0.25) is 0 Å². The SMILES string of the molecule is C/C(=C\B1OC(C)(C)C(C)(C)O1)c1ccc(C)cc1. The molecule has 0 atom stereocenters. The minimum Gasteiger partial charge on any atom is -0.400 e. The molecule has 19 heavy (non-hydrogen) atoms. The lowest BCUT2D eigenvalue weighted by atomic mass is 9.85. The second-order valence-electron chi connectivity index (χ2n) is 6.34. The van der Waals surface area contributed by atoms with Crippen molar-refractivity contribution in [3.63, 3.8) is 0 Å². The Kier molecular flexibility index (Phi) is 3.63. The largest absolute Gasteiger partial charge is 0.487 e. The zero-order valence-electron chi connectivity index (χ0n) is 12.8. The van der Waals surface area contributed by atoms with Gasteiger partial charge in [0.25, 0.3) is 0 Å². The summed E-state index contributed by atoms with van der Waals surface area (Å²) in [6.45, 7) is 12.5. The van der Waals surface area contributed by atoms with Gasteiger partial charge in [-0.25, -0.2) is 0 Å². The number of aryl methyl sites for hydroxylation is 1. The molecule has 3 heteroatoms. The Morgan fingerprint density at radius 3 is 1.95 bits per heavy atom. The Labute approximate surface area is 117 Å². The summed E-state index contributed by atoms with van der Waals surface area (Å²) in [5, 5.41) is 0. The number of hydrogen-bond acceptors (Lipinski definition) is 2. The van der Waals surface area contributed by atoms with Crippen molar-refractivity contribution in [2.24, 2.45) is 0 Å². The molecular weight excluding hydrogens is 235 g/mol. The topological polar surface area (TPSA) is 18.5 Å². The molecule has 0 unspecified atom stereocenters. The van der Waals surface area contributed by atoms with Crippen LogP contribution >= 0.6 is 0 Å². The molecule has 1 aromatic rings. The Hall–Kier alpha value is -1.06. The Bertz CT molecular complexity index is 470. The predicted molar refractivity (Wildman–Crippen MR) is 80.9 cm³/mol. The summed E-state index contributed by atoms with van der Waals surface area (Å²) in [4.78, 5) is 0. The van der Waals surface area contributed by atoms with Gasteiger partial charge in [-0.3, -0.25) is 0 Å². The van der Waals surface area contributed by atoms with E-state index in [0.29, 0.717) is 0 Å². The second-order valence-corrected chi connectivity index (χ2v) is 6.34. The van der Waals surface area contributed by atoms with Gasteiger partial charge in [0.05, 0.1) is 11.2 Å². The monoisotopic (exact) mass is 258 g/mol. The molecule has 0 spiro atoms. The van der Waals surface area contributed by atoms with Crippen molar-refractivity contribution < 1.29 is 9.31 Å². The molecule has 1 aliphatic rings. The van der Waals surface area contributed by atoms with E-state index in [2.05, 4.69) is 71.8 Å². The highest BCUT2D eigenvalue weighted by molar-refractivity contribution is 6.53. The first-order valence-corrected chi connectivity index (χ1v) is 6.82. The average Bonchev–Trinajstić information content (AvgIpc) is 2.47. The van der Waals surface area contributed by atoms with Gasteiger partial charge in [0, 0.05) is 0 Å². The summed E-state index contributed by atoms with van der Waals surface area (Å²) in [5.74, 6) is 2.06. The molecule has 0 aromatic heterocycles. The number of benzene rings is 1. The molecule has 0 aliphatic carbocycles. The van der Waals surface area contributed by atoms with Crippen LogP contribution in [0, 0.1) is 6.92 Å². The molecule has 1 aliphatic heterocycles. The summed E-state index contributed by atoms with van der Waals surface area (Å²) in [5.41, 5.74) is 3.11. The van der Waals surface area contributed by atoms with Crippen molar-refractivity contribution in [3.05, 3.63) is 41.4 Å². The van der Waals surface area contributed by atoms with E-state index >= 15 is 0 Å². The fourth-order valence-electron chi connectivity index (χ4n) is 2.07. The zero-order valence-corrected chi connectivity index (χ0v) is 12.8. The Morgan fingerprint density at radius 2 is 1.47 bits per heavy atom. The quantitative estimate of drug-likeness (QED) is 0.745. The molecule has 0 saturated carbocycles. The maximum Gasteiger partial charge on any atom is 0.487 e. The molecule has 1 saturated heterocycles. The third kappa shape index (κ3) is 2.93. The van der Waals surface area contributed by atoms with Crippen molar-refractivity contribution in [1.29, 1.82) is 0 Å². The van der Waals surface area contributed by atoms with Crippen LogP contribution in [0.15, 0.2) is 30.2 Å². The second kappa shape index (κ2) is 4.80. The van der Waals surface area contributed by atoms with E-state index in [1.807, 2.05) is 0 Å². The zero-order chi connectivity index (χ0) is 14.3. The molecule has 1 heterocycles. The van der Waals surface area contributed by atoms with E-state index in [0.717, 1.165) is 0 Å². The molecule has 0 radical (unpaired) electrons. The molecule has 1 aromatic carbocycles. The minimum absolute atomic E-state index is 0.272. The summed E-state index contributed by atoms with van der Waals surface area (Å²) in [7, 11) is -0.272. The molecule has 0 bridgehead atoms. The average molecular weight is 258 g/mol. The van der Waals surface area contributed by atoms with Crippen molar-refractivity contribution in [2.45, 2.75) is 52.7 Å². The number of allylic oxidation sites excluding steroid dienone is 1. The summed E-state index contributed by atoms with van der Waals surface area (Å²) >= 11 is 0. The molecule has 102 valence electrons. The van der Waals surface area contributed by atoms with Gasteiger partial charge in [-0.2, -0.15) is 0 Å². The van der Waals surface area contributed by atoms with Gasteiger partial charge in [0.15, 0.2) is 0 Å². The van der Waals surface area contributed by atoms with E-state index in [9.17, 15) is 0 Å². The molecular formula is C16H23BO2. The van der Waals surface area contributed by atoms with Crippen LogP contribution in [0.4, 0.5) is 0 Å². The van der Waals surface area contributed by atoms with Crippen LogP contribution in [0.5, 0.6) is 0 Å². The van der Waals surface area contributed by atoms with Gasteiger partial charge in [0.1, 0.15) is 0 Å². The number of rotatable bonds is 2. The lowest BCUT2D eigenvalue weighted by Gasteiger charge is -2.32. The van der Waals surface area contributed by atoms with Crippen LogP contribution in [-0.4, -0.2) is 18.3 Å².